The molecule has 0 saturated heterocycles. The SMILES string of the molecule is CCC(C)(C)c1ccc2c(c1)C(N)CC(C)CC2. The van der Waals surface area contributed by atoms with E-state index in [1.54, 1.807) is 0 Å². The van der Waals surface area contributed by atoms with Gasteiger partial charge in [-0.3, -0.25) is 0 Å². The first-order chi connectivity index (χ1) is 8.44. The number of hydrogen-bond donors (Lipinski definition) is 1. The highest BCUT2D eigenvalue weighted by Gasteiger charge is 2.23. The number of hydrogen-bond acceptors (Lipinski definition) is 1. The van der Waals surface area contributed by atoms with E-state index in [1.165, 1.54) is 29.5 Å². The van der Waals surface area contributed by atoms with Crippen molar-refractivity contribution in [1.82, 2.24) is 0 Å². The third kappa shape index (κ3) is 2.61. The van der Waals surface area contributed by atoms with Crippen LogP contribution in [0.25, 0.3) is 0 Å². The predicted octanol–water partition coefficient (Wildman–Crippen LogP) is 4.35. The molecule has 0 fully saturated rings. The van der Waals surface area contributed by atoms with Crippen molar-refractivity contribution in [3.05, 3.63) is 34.9 Å². The van der Waals surface area contributed by atoms with Gasteiger partial charge < -0.3 is 5.73 Å². The summed E-state index contributed by atoms with van der Waals surface area (Å²) >= 11 is 0. The van der Waals surface area contributed by atoms with Crippen molar-refractivity contribution < 1.29 is 0 Å². The van der Waals surface area contributed by atoms with Gasteiger partial charge in [0, 0.05) is 6.04 Å². The molecule has 18 heavy (non-hydrogen) atoms. The standard InChI is InChI=1S/C17H27N/c1-5-17(3,4)14-9-8-13-7-6-12(2)10-16(18)15(13)11-14/h8-9,11-12,16H,5-7,10,18H2,1-4H3. The van der Waals surface area contributed by atoms with Crippen molar-refractivity contribution in [1.29, 1.82) is 0 Å². The summed E-state index contributed by atoms with van der Waals surface area (Å²) in [5.74, 6) is 0.745. The van der Waals surface area contributed by atoms with Crippen LogP contribution in [0.5, 0.6) is 0 Å². The summed E-state index contributed by atoms with van der Waals surface area (Å²) in [4.78, 5) is 0. The second-order valence-corrected chi connectivity index (χ2v) is 6.64. The molecular formula is C17H27N. The van der Waals surface area contributed by atoms with E-state index in [1.807, 2.05) is 0 Å². The van der Waals surface area contributed by atoms with Crippen molar-refractivity contribution >= 4 is 0 Å². The van der Waals surface area contributed by atoms with Crippen LogP contribution in [-0.4, -0.2) is 0 Å². The number of benzene rings is 1. The summed E-state index contributed by atoms with van der Waals surface area (Å²) in [5, 5.41) is 0. The van der Waals surface area contributed by atoms with E-state index >= 15 is 0 Å². The first-order valence-corrected chi connectivity index (χ1v) is 7.33. The minimum absolute atomic E-state index is 0.227. The molecule has 0 aliphatic heterocycles. The molecule has 0 aromatic heterocycles. The topological polar surface area (TPSA) is 26.0 Å². The van der Waals surface area contributed by atoms with E-state index in [4.69, 9.17) is 5.73 Å². The van der Waals surface area contributed by atoms with Gasteiger partial charge in [0.25, 0.3) is 0 Å². The van der Waals surface area contributed by atoms with Crippen molar-refractivity contribution in [2.75, 3.05) is 0 Å². The quantitative estimate of drug-likeness (QED) is 0.770. The smallest absolute Gasteiger partial charge is 0.0300 e. The van der Waals surface area contributed by atoms with Gasteiger partial charge in [0.15, 0.2) is 0 Å². The van der Waals surface area contributed by atoms with Crippen LogP contribution in [0.2, 0.25) is 0 Å². The molecule has 100 valence electrons. The summed E-state index contributed by atoms with van der Waals surface area (Å²) in [7, 11) is 0. The Balaban J connectivity index is 2.40. The molecule has 1 aliphatic carbocycles. The van der Waals surface area contributed by atoms with E-state index in [2.05, 4.69) is 45.9 Å². The Kier molecular flexibility index (Phi) is 3.82. The lowest BCUT2D eigenvalue weighted by Gasteiger charge is -2.25. The molecular weight excluding hydrogens is 218 g/mol. The minimum Gasteiger partial charge on any atom is -0.324 e. The van der Waals surface area contributed by atoms with Gasteiger partial charge >= 0.3 is 0 Å². The Labute approximate surface area is 112 Å². The van der Waals surface area contributed by atoms with E-state index in [0.717, 1.165) is 18.8 Å². The van der Waals surface area contributed by atoms with Crippen LogP contribution in [0.1, 0.15) is 69.7 Å². The van der Waals surface area contributed by atoms with E-state index in [0.29, 0.717) is 0 Å². The summed E-state index contributed by atoms with van der Waals surface area (Å²) in [5.41, 5.74) is 11.0. The molecule has 1 aliphatic rings. The molecule has 0 saturated carbocycles. The van der Waals surface area contributed by atoms with Gasteiger partial charge in [-0.15, -0.1) is 0 Å². The maximum atomic E-state index is 6.39. The maximum Gasteiger partial charge on any atom is 0.0300 e. The highest BCUT2D eigenvalue weighted by atomic mass is 14.6. The molecule has 0 heterocycles. The van der Waals surface area contributed by atoms with Gasteiger partial charge in [0.1, 0.15) is 0 Å². The lowest BCUT2D eigenvalue weighted by atomic mass is 9.80. The van der Waals surface area contributed by atoms with Gasteiger partial charge in [-0.1, -0.05) is 45.9 Å². The van der Waals surface area contributed by atoms with Crippen LogP contribution in [0.15, 0.2) is 18.2 Å². The number of fused-ring (bicyclic) bond motifs is 1. The average Bonchev–Trinajstić information content (AvgIpc) is 2.48. The molecule has 0 amide bonds. The Bertz CT molecular complexity index is 420. The fourth-order valence-electron chi connectivity index (χ4n) is 2.87. The van der Waals surface area contributed by atoms with Crippen molar-refractivity contribution in [2.24, 2.45) is 11.7 Å². The van der Waals surface area contributed by atoms with Gasteiger partial charge in [0.05, 0.1) is 0 Å². The first-order valence-electron chi connectivity index (χ1n) is 7.33. The number of rotatable bonds is 2. The van der Waals surface area contributed by atoms with Crippen molar-refractivity contribution in [3.63, 3.8) is 0 Å². The molecule has 2 N–H and O–H groups in total. The maximum absolute atomic E-state index is 6.39. The zero-order valence-corrected chi connectivity index (χ0v) is 12.3. The third-order valence-electron chi connectivity index (χ3n) is 4.77. The highest BCUT2D eigenvalue weighted by molar-refractivity contribution is 5.38. The van der Waals surface area contributed by atoms with Crippen LogP contribution in [-0.2, 0) is 11.8 Å². The molecule has 2 unspecified atom stereocenters. The average molecular weight is 245 g/mol. The molecule has 0 spiro atoms. The Hall–Kier alpha value is -0.820. The van der Waals surface area contributed by atoms with Gasteiger partial charge in [0.2, 0.25) is 0 Å². The molecule has 0 radical (unpaired) electrons. The highest BCUT2D eigenvalue weighted by Crippen LogP contribution is 2.34. The van der Waals surface area contributed by atoms with E-state index < -0.39 is 0 Å². The molecule has 2 atom stereocenters. The minimum atomic E-state index is 0.227. The Morgan fingerprint density at radius 1 is 1.33 bits per heavy atom. The summed E-state index contributed by atoms with van der Waals surface area (Å²) in [6, 6.07) is 7.23. The van der Waals surface area contributed by atoms with Crippen molar-refractivity contribution in [3.8, 4) is 0 Å². The normalized spacial score (nSPS) is 24.5. The molecule has 2 rings (SSSR count). The molecule has 1 heteroatoms. The second-order valence-electron chi connectivity index (χ2n) is 6.64. The zero-order chi connectivity index (χ0) is 13.3. The van der Waals surface area contributed by atoms with Crippen LogP contribution in [0, 0.1) is 5.92 Å². The third-order valence-corrected chi connectivity index (χ3v) is 4.77. The van der Waals surface area contributed by atoms with Crippen LogP contribution < -0.4 is 5.73 Å². The number of nitrogens with two attached hydrogens (primary N) is 1. The van der Waals surface area contributed by atoms with E-state index in [-0.39, 0.29) is 11.5 Å². The van der Waals surface area contributed by atoms with Crippen molar-refractivity contribution in [2.45, 2.75) is 64.8 Å². The largest absolute Gasteiger partial charge is 0.324 e. The lowest BCUT2D eigenvalue weighted by Crippen LogP contribution is -2.18. The van der Waals surface area contributed by atoms with Gasteiger partial charge in [-0.25, -0.2) is 0 Å². The summed E-state index contributed by atoms with van der Waals surface area (Å²) in [6.07, 6.45) is 4.76. The zero-order valence-electron chi connectivity index (χ0n) is 12.3. The molecule has 1 aromatic carbocycles. The lowest BCUT2D eigenvalue weighted by molar-refractivity contribution is 0.463. The Morgan fingerprint density at radius 2 is 2.06 bits per heavy atom. The monoisotopic (exact) mass is 245 g/mol. The first kappa shape index (κ1) is 13.6. The van der Waals surface area contributed by atoms with Crippen LogP contribution in [0.3, 0.4) is 0 Å². The summed E-state index contributed by atoms with van der Waals surface area (Å²) in [6.45, 7) is 9.22. The molecule has 1 aromatic rings. The predicted molar refractivity (Wildman–Crippen MR) is 78.8 cm³/mol. The molecule has 1 nitrogen and oxygen atoms in total. The van der Waals surface area contributed by atoms with Crippen LogP contribution in [0.4, 0.5) is 0 Å². The Morgan fingerprint density at radius 3 is 2.72 bits per heavy atom. The van der Waals surface area contributed by atoms with Gasteiger partial charge in [-0.2, -0.15) is 0 Å². The fraction of sp³-hybridized carbons (Fsp3) is 0.647. The second kappa shape index (κ2) is 5.05. The van der Waals surface area contributed by atoms with Crippen LogP contribution >= 0.6 is 0 Å². The number of aryl methyl sites for hydroxylation is 1. The van der Waals surface area contributed by atoms with Gasteiger partial charge in [-0.05, 0) is 53.7 Å². The molecule has 0 bridgehead atoms. The fourth-order valence-corrected chi connectivity index (χ4v) is 2.87. The summed E-state index contributed by atoms with van der Waals surface area (Å²) < 4.78 is 0. The van der Waals surface area contributed by atoms with E-state index in [9.17, 15) is 0 Å².